The summed E-state index contributed by atoms with van der Waals surface area (Å²) in [5, 5.41) is 15.9. The quantitative estimate of drug-likeness (QED) is 0.814. The third kappa shape index (κ3) is 4.23. The summed E-state index contributed by atoms with van der Waals surface area (Å²) in [5.41, 5.74) is 2.53. The highest BCUT2D eigenvalue weighted by atomic mass is 35.5. The number of carboxylic acid groups (broad SMARTS) is 1. The molecule has 1 aliphatic heterocycles. The van der Waals surface area contributed by atoms with E-state index in [9.17, 15) is 9.59 Å². The molecule has 3 rings (SSSR count). The van der Waals surface area contributed by atoms with E-state index in [1.54, 1.807) is 24.3 Å². The molecule has 0 fully saturated rings. The first-order valence-corrected chi connectivity index (χ1v) is 8.82. The van der Waals surface area contributed by atoms with E-state index in [-0.39, 0.29) is 24.8 Å². The number of hydrogen-bond donors (Lipinski definition) is 1. The monoisotopic (exact) mass is 390 g/mol. The molecule has 0 radical (unpaired) electrons. The average Bonchev–Trinajstić information content (AvgIpc) is 3.06. The zero-order chi connectivity index (χ0) is 18.7. The Hall–Kier alpha value is -2.37. The number of hydrazone groups is 1. The molecule has 0 saturated carbocycles. The number of carbonyl (C=O) groups is 2. The van der Waals surface area contributed by atoms with Crippen LogP contribution < -0.4 is 0 Å². The summed E-state index contributed by atoms with van der Waals surface area (Å²) < 4.78 is 0. The smallest absolute Gasteiger partial charge is 0.303 e. The lowest BCUT2D eigenvalue weighted by molar-refractivity contribution is -0.141. The Kier molecular flexibility index (Phi) is 5.59. The van der Waals surface area contributed by atoms with E-state index in [0.29, 0.717) is 16.5 Å². The third-order valence-corrected chi connectivity index (χ3v) is 4.65. The van der Waals surface area contributed by atoms with Crippen LogP contribution in [0.25, 0.3) is 0 Å². The molecule has 1 amide bonds. The Morgan fingerprint density at radius 2 is 1.58 bits per heavy atom. The van der Waals surface area contributed by atoms with Gasteiger partial charge in [0, 0.05) is 22.9 Å². The highest BCUT2D eigenvalue weighted by Crippen LogP contribution is 2.34. The van der Waals surface area contributed by atoms with Crippen LogP contribution in [0.1, 0.15) is 36.4 Å². The maximum absolute atomic E-state index is 12.5. The number of carbonyl (C=O) groups excluding carboxylic acids is 1. The van der Waals surface area contributed by atoms with Crippen LogP contribution in [-0.4, -0.2) is 27.7 Å². The SMILES string of the molecule is O=C(O)CCC(=O)N1N=C(c2ccc(Cl)cc2)C[C@@H]1c1ccc(Cl)cc1. The fourth-order valence-corrected chi connectivity index (χ4v) is 3.08. The highest BCUT2D eigenvalue weighted by molar-refractivity contribution is 6.31. The molecule has 2 aromatic rings. The van der Waals surface area contributed by atoms with Gasteiger partial charge in [0.2, 0.25) is 5.91 Å². The van der Waals surface area contributed by atoms with E-state index in [0.717, 1.165) is 16.8 Å². The molecule has 0 spiro atoms. The van der Waals surface area contributed by atoms with Crippen molar-refractivity contribution in [1.29, 1.82) is 0 Å². The number of rotatable bonds is 5. The second-order valence-electron chi connectivity index (χ2n) is 5.96. The van der Waals surface area contributed by atoms with Gasteiger partial charge in [0.05, 0.1) is 18.2 Å². The average molecular weight is 391 g/mol. The van der Waals surface area contributed by atoms with Crippen LogP contribution in [0.3, 0.4) is 0 Å². The van der Waals surface area contributed by atoms with Crippen LogP contribution >= 0.6 is 23.2 Å². The summed E-state index contributed by atoms with van der Waals surface area (Å²) in [4.78, 5) is 23.3. The molecule has 1 atom stereocenters. The summed E-state index contributed by atoms with van der Waals surface area (Å²) in [6.07, 6.45) is 0.202. The van der Waals surface area contributed by atoms with E-state index >= 15 is 0 Å². The molecule has 0 saturated heterocycles. The van der Waals surface area contributed by atoms with E-state index in [1.807, 2.05) is 24.3 Å². The summed E-state index contributed by atoms with van der Waals surface area (Å²) >= 11 is 11.9. The molecule has 1 N–H and O–H groups in total. The normalized spacial score (nSPS) is 16.5. The van der Waals surface area contributed by atoms with Crippen LogP contribution in [0.4, 0.5) is 0 Å². The Balaban J connectivity index is 1.89. The maximum Gasteiger partial charge on any atom is 0.303 e. The molecule has 1 heterocycles. The van der Waals surface area contributed by atoms with Gasteiger partial charge in [-0.05, 0) is 35.4 Å². The maximum atomic E-state index is 12.5. The molecule has 0 unspecified atom stereocenters. The fourth-order valence-electron chi connectivity index (χ4n) is 2.83. The minimum absolute atomic E-state index is 0.100. The van der Waals surface area contributed by atoms with Crippen molar-refractivity contribution in [1.82, 2.24) is 5.01 Å². The number of halogens is 2. The standard InChI is InChI=1S/C19H16Cl2N2O3/c20-14-5-1-12(2-6-14)16-11-17(13-3-7-15(21)8-4-13)23(22-16)18(24)9-10-19(25)26/h1-8,17H,9-11H2,(H,25,26)/t17-/m1/s1. The Bertz CT molecular complexity index is 848. The molecule has 26 heavy (non-hydrogen) atoms. The molecule has 1 aliphatic rings. The lowest BCUT2D eigenvalue weighted by Gasteiger charge is -2.22. The number of hydrogen-bond acceptors (Lipinski definition) is 3. The van der Waals surface area contributed by atoms with Crippen LogP contribution in [0.5, 0.6) is 0 Å². The van der Waals surface area contributed by atoms with Gasteiger partial charge in [-0.2, -0.15) is 5.10 Å². The predicted octanol–water partition coefficient (Wildman–Crippen LogP) is 4.54. The van der Waals surface area contributed by atoms with E-state index in [1.165, 1.54) is 5.01 Å². The minimum Gasteiger partial charge on any atom is -0.481 e. The van der Waals surface area contributed by atoms with E-state index < -0.39 is 5.97 Å². The van der Waals surface area contributed by atoms with Gasteiger partial charge in [0.25, 0.3) is 0 Å². The van der Waals surface area contributed by atoms with Crippen molar-refractivity contribution >= 4 is 40.8 Å². The van der Waals surface area contributed by atoms with Gasteiger partial charge in [-0.3, -0.25) is 9.59 Å². The Labute approximate surface area is 160 Å². The van der Waals surface area contributed by atoms with E-state index in [4.69, 9.17) is 28.3 Å². The first-order valence-electron chi connectivity index (χ1n) is 8.07. The Morgan fingerprint density at radius 1 is 1.00 bits per heavy atom. The summed E-state index contributed by atoms with van der Waals surface area (Å²) in [6.45, 7) is 0. The number of nitrogens with zero attached hydrogens (tertiary/aromatic N) is 2. The van der Waals surface area contributed by atoms with Crippen LogP contribution in [-0.2, 0) is 9.59 Å². The largest absolute Gasteiger partial charge is 0.481 e. The summed E-state index contributed by atoms with van der Waals surface area (Å²) in [5.74, 6) is -1.33. The van der Waals surface area contributed by atoms with Gasteiger partial charge in [0.15, 0.2) is 0 Å². The second kappa shape index (κ2) is 7.89. The van der Waals surface area contributed by atoms with Crippen molar-refractivity contribution in [2.45, 2.75) is 25.3 Å². The number of amides is 1. The molecule has 0 aliphatic carbocycles. The minimum atomic E-state index is -1.01. The zero-order valence-electron chi connectivity index (χ0n) is 13.7. The highest BCUT2D eigenvalue weighted by Gasteiger charge is 2.33. The molecular weight excluding hydrogens is 375 g/mol. The van der Waals surface area contributed by atoms with Crippen molar-refractivity contribution in [2.75, 3.05) is 0 Å². The first kappa shape index (κ1) is 18.4. The Morgan fingerprint density at radius 3 is 2.15 bits per heavy atom. The number of aliphatic carboxylic acids is 1. The lowest BCUT2D eigenvalue weighted by Crippen LogP contribution is -2.27. The van der Waals surface area contributed by atoms with Gasteiger partial charge >= 0.3 is 5.97 Å². The van der Waals surface area contributed by atoms with Crippen LogP contribution in [0.15, 0.2) is 53.6 Å². The topological polar surface area (TPSA) is 70.0 Å². The third-order valence-electron chi connectivity index (χ3n) is 4.15. The molecule has 2 aromatic carbocycles. The zero-order valence-corrected chi connectivity index (χ0v) is 15.2. The summed E-state index contributed by atoms with van der Waals surface area (Å²) in [7, 11) is 0. The van der Waals surface area contributed by atoms with Gasteiger partial charge in [0.1, 0.15) is 0 Å². The van der Waals surface area contributed by atoms with Crippen molar-refractivity contribution in [3.63, 3.8) is 0 Å². The number of benzene rings is 2. The lowest BCUT2D eigenvalue weighted by atomic mass is 9.98. The van der Waals surface area contributed by atoms with Gasteiger partial charge in [-0.15, -0.1) is 0 Å². The second-order valence-corrected chi connectivity index (χ2v) is 6.83. The van der Waals surface area contributed by atoms with Crippen molar-refractivity contribution < 1.29 is 14.7 Å². The van der Waals surface area contributed by atoms with Crippen LogP contribution in [0, 0.1) is 0 Å². The van der Waals surface area contributed by atoms with Gasteiger partial charge in [-0.25, -0.2) is 5.01 Å². The molecular formula is C19H16Cl2N2O3. The first-order chi connectivity index (χ1) is 12.4. The van der Waals surface area contributed by atoms with Crippen molar-refractivity contribution in [3.8, 4) is 0 Å². The van der Waals surface area contributed by atoms with Crippen molar-refractivity contribution in [2.24, 2.45) is 5.10 Å². The number of carboxylic acids is 1. The molecule has 5 nitrogen and oxygen atoms in total. The van der Waals surface area contributed by atoms with E-state index in [2.05, 4.69) is 5.10 Å². The molecule has 7 heteroatoms. The van der Waals surface area contributed by atoms with Crippen molar-refractivity contribution in [3.05, 3.63) is 69.7 Å². The summed E-state index contributed by atoms with van der Waals surface area (Å²) in [6, 6.07) is 14.2. The van der Waals surface area contributed by atoms with Crippen LogP contribution in [0.2, 0.25) is 10.0 Å². The predicted molar refractivity (Wildman–Crippen MR) is 101 cm³/mol. The van der Waals surface area contributed by atoms with Gasteiger partial charge < -0.3 is 5.11 Å². The molecule has 0 bridgehead atoms. The molecule has 0 aromatic heterocycles. The van der Waals surface area contributed by atoms with Gasteiger partial charge in [-0.1, -0.05) is 47.5 Å². The fraction of sp³-hybridized carbons (Fsp3) is 0.211. The molecule has 134 valence electrons.